The molecule has 20 heavy (non-hydrogen) atoms. The Labute approximate surface area is 122 Å². The molecule has 0 aromatic heterocycles. The van der Waals surface area contributed by atoms with Gasteiger partial charge in [-0.1, -0.05) is 35.9 Å². The van der Waals surface area contributed by atoms with E-state index in [-0.39, 0.29) is 11.1 Å². The number of hydrogen-bond donors (Lipinski definition) is 1. The molecule has 0 radical (unpaired) electrons. The van der Waals surface area contributed by atoms with E-state index in [4.69, 9.17) is 16.3 Å². The van der Waals surface area contributed by atoms with Gasteiger partial charge in [-0.2, -0.15) is 0 Å². The fourth-order valence-electron chi connectivity index (χ4n) is 1.93. The maximum Gasteiger partial charge on any atom is 0.142 e. The Morgan fingerprint density at radius 1 is 1.15 bits per heavy atom. The molecule has 1 unspecified atom stereocenters. The van der Waals surface area contributed by atoms with E-state index in [1.54, 1.807) is 24.3 Å². The van der Waals surface area contributed by atoms with Crippen LogP contribution in [0.3, 0.4) is 0 Å². The molecule has 0 aliphatic heterocycles. The molecule has 2 aromatic rings. The van der Waals surface area contributed by atoms with Crippen LogP contribution in [0, 0.1) is 5.82 Å². The van der Waals surface area contributed by atoms with Crippen LogP contribution in [0.15, 0.2) is 42.5 Å². The summed E-state index contributed by atoms with van der Waals surface area (Å²) < 4.78 is 19.2. The molecular weight excluding hydrogens is 279 g/mol. The van der Waals surface area contributed by atoms with Crippen LogP contribution in [-0.2, 0) is 0 Å². The highest BCUT2D eigenvalue weighted by atomic mass is 35.5. The lowest BCUT2D eigenvalue weighted by molar-refractivity contribution is 0.198. The zero-order valence-corrected chi connectivity index (χ0v) is 12.1. The largest absolute Gasteiger partial charge is 0.491 e. The molecule has 0 saturated carbocycles. The number of benzene rings is 2. The highest BCUT2D eigenvalue weighted by Gasteiger charge is 2.17. The van der Waals surface area contributed by atoms with Crippen molar-refractivity contribution in [3.05, 3.63) is 64.4 Å². The smallest absolute Gasteiger partial charge is 0.142 e. The lowest BCUT2D eigenvalue weighted by Gasteiger charge is -2.18. The highest BCUT2D eigenvalue weighted by Crippen LogP contribution is 2.31. The Morgan fingerprint density at radius 2 is 1.85 bits per heavy atom. The summed E-state index contributed by atoms with van der Waals surface area (Å²) in [6.07, 6.45) is -0.970. The van der Waals surface area contributed by atoms with Crippen LogP contribution in [0.5, 0.6) is 5.75 Å². The second-order valence-electron chi connectivity index (χ2n) is 4.78. The number of halogens is 2. The van der Waals surface area contributed by atoms with E-state index in [1.807, 2.05) is 19.9 Å². The van der Waals surface area contributed by atoms with E-state index >= 15 is 0 Å². The normalized spacial score (nSPS) is 12.5. The van der Waals surface area contributed by atoms with Gasteiger partial charge < -0.3 is 9.84 Å². The number of rotatable bonds is 4. The maximum absolute atomic E-state index is 13.5. The van der Waals surface area contributed by atoms with E-state index in [0.29, 0.717) is 16.9 Å². The van der Waals surface area contributed by atoms with Crippen molar-refractivity contribution in [3.63, 3.8) is 0 Å². The monoisotopic (exact) mass is 294 g/mol. The van der Waals surface area contributed by atoms with Gasteiger partial charge in [0, 0.05) is 5.56 Å². The summed E-state index contributed by atoms with van der Waals surface area (Å²) in [6.45, 7) is 3.82. The molecule has 0 aliphatic carbocycles. The summed E-state index contributed by atoms with van der Waals surface area (Å²) in [7, 11) is 0. The van der Waals surface area contributed by atoms with Crippen molar-refractivity contribution in [2.75, 3.05) is 0 Å². The fourth-order valence-corrected chi connectivity index (χ4v) is 2.05. The summed E-state index contributed by atoms with van der Waals surface area (Å²) in [6, 6.07) is 11.4. The highest BCUT2D eigenvalue weighted by molar-refractivity contribution is 6.30. The van der Waals surface area contributed by atoms with Gasteiger partial charge in [0.25, 0.3) is 0 Å². The van der Waals surface area contributed by atoms with E-state index in [0.717, 1.165) is 0 Å². The van der Waals surface area contributed by atoms with Gasteiger partial charge in [0.15, 0.2) is 0 Å². The molecule has 0 bridgehead atoms. The van der Waals surface area contributed by atoms with Crippen LogP contribution in [0.4, 0.5) is 4.39 Å². The molecule has 2 aromatic carbocycles. The molecule has 1 N–H and O–H groups in total. The number of para-hydroxylation sites is 1. The molecule has 0 fully saturated rings. The second kappa shape index (κ2) is 6.25. The lowest BCUT2D eigenvalue weighted by Crippen LogP contribution is -2.10. The summed E-state index contributed by atoms with van der Waals surface area (Å²) >= 11 is 5.65. The molecule has 2 nitrogen and oxygen atoms in total. The zero-order valence-electron chi connectivity index (χ0n) is 11.3. The van der Waals surface area contributed by atoms with Gasteiger partial charge in [0.2, 0.25) is 0 Å². The van der Waals surface area contributed by atoms with E-state index in [1.165, 1.54) is 12.1 Å². The van der Waals surface area contributed by atoms with Crippen molar-refractivity contribution in [3.8, 4) is 5.75 Å². The van der Waals surface area contributed by atoms with Gasteiger partial charge in [-0.15, -0.1) is 0 Å². The van der Waals surface area contributed by atoms with Gasteiger partial charge in [-0.25, -0.2) is 4.39 Å². The first-order valence-electron chi connectivity index (χ1n) is 6.37. The summed E-state index contributed by atoms with van der Waals surface area (Å²) in [4.78, 5) is 0. The predicted molar refractivity (Wildman–Crippen MR) is 77.7 cm³/mol. The third-order valence-electron chi connectivity index (χ3n) is 2.84. The van der Waals surface area contributed by atoms with Crippen LogP contribution in [0.25, 0.3) is 0 Å². The molecule has 0 amide bonds. The third-order valence-corrected chi connectivity index (χ3v) is 3.14. The first-order valence-corrected chi connectivity index (χ1v) is 6.75. The molecule has 106 valence electrons. The summed E-state index contributed by atoms with van der Waals surface area (Å²) in [5.41, 5.74) is 1.04. The van der Waals surface area contributed by atoms with Gasteiger partial charge in [-0.05, 0) is 37.6 Å². The van der Waals surface area contributed by atoms with Gasteiger partial charge >= 0.3 is 0 Å². The SMILES string of the molecule is CC(C)Oc1ccccc1C(O)c1ccc(Cl)c(F)c1. The Kier molecular flexibility index (Phi) is 4.63. The van der Waals surface area contributed by atoms with Crippen molar-refractivity contribution in [1.82, 2.24) is 0 Å². The van der Waals surface area contributed by atoms with Crippen LogP contribution in [0.2, 0.25) is 5.02 Å². The van der Waals surface area contributed by atoms with Crippen molar-refractivity contribution >= 4 is 11.6 Å². The van der Waals surface area contributed by atoms with E-state index in [2.05, 4.69) is 0 Å². The topological polar surface area (TPSA) is 29.5 Å². The Bertz CT molecular complexity index is 599. The number of aliphatic hydroxyl groups is 1. The Hall–Kier alpha value is -1.58. The Balaban J connectivity index is 2.37. The third kappa shape index (κ3) is 3.30. The molecule has 2 rings (SSSR count). The second-order valence-corrected chi connectivity index (χ2v) is 5.19. The molecule has 4 heteroatoms. The number of hydrogen-bond acceptors (Lipinski definition) is 2. The van der Waals surface area contributed by atoms with Crippen LogP contribution < -0.4 is 4.74 Å². The molecule has 0 spiro atoms. The maximum atomic E-state index is 13.5. The van der Waals surface area contributed by atoms with Crippen LogP contribution >= 0.6 is 11.6 Å². The molecular formula is C16H16ClFO2. The van der Waals surface area contributed by atoms with Crippen molar-refractivity contribution in [1.29, 1.82) is 0 Å². The number of aliphatic hydroxyl groups excluding tert-OH is 1. The first kappa shape index (κ1) is 14.8. The molecule has 0 heterocycles. The Morgan fingerprint density at radius 3 is 2.50 bits per heavy atom. The number of ether oxygens (including phenoxy) is 1. The predicted octanol–water partition coefficient (Wildman–Crippen LogP) is 4.35. The van der Waals surface area contributed by atoms with Crippen LogP contribution in [-0.4, -0.2) is 11.2 Å². The minimum absolute atomic E-state index is 0.00898. The standard InChI is InChI=1S/C16H16ClFO2/c1-10(2)20-15-6-4-3-5-12(15)16(19)11-7-8-13(17)14(18)9-11/h3-10,16,19H,1-2H3. The lowest BCUT2D eigenvalue weighted by atomic mass is 10.0. The van der Waals surface area contributed by atoms with Gasteiger partial charge in [-0.3, -0.25) is 0 Å². The average Bonchev–Trinajstić information content (AvgIpc) is 2.41. The minimum atomic E-state index is -0.961. The van der Waals surface area contributed by atoms with E-state index in [9.17, 15) is 9.50 Å². The van der Waals surface area contributed by atoms with Crippen LogP contribution in [0.1, 0.15) is 31.1 Å². The summed E-state index contributed by atoms with van der Waals surface area (Å²) in [5, 5.41) is 10.4. The fraction of sp³-hybridized carbons (Fsp3) is 0.250. The van der Waals surface area contributed by atoms with Gasteiger partial charge in [0.1, 0.15) is 17.7 Å². The van der Waals surface area contributed by atoms with E-state index < -0.39 is 11.9 Å². The quantitative estimate of drug-likeness (QED) is 0.908. The van der Waals surface area contributed by atoms with Crippen molar-refractivity contribution in [2.24, 2.45) is 0 Å². The molecule has 0 aliphatic rings. The van der Waals surface area contributed by atoms with Gasteiger partial charge in [0.05, 0.1) is 11.1 Å². The summed E-state index contributed by atoms with van der Waals surface area (Å²) in [5.74, 6) is 0.0378. The molecule has 0 saturated heterocycles. The average molecular weight is 295 g/mol. The first-order chi connectivity index (χ1) is 9.49. The van der Waals surface area contributed by atoms with Crippen molar-refractivity contribution < 1.29 is 14.2 Å². The van der Waals surface area contributed by atoms with Crippen molar-refractivity contribution in [2.45, 2.75) is 26.1 Å². The zero-order chi connectivity index (χ0) is 14.7. The molecule has 1 atom stereocenters. The minimum Gasteiger partial charge on any atom is -0.491 e.